The molecular formula is C18H21F3N4O2. The van der Waals surface area contributed by atoms with Gasteiger partial charge in [-0.05, 0) is 46.1 Å². The summed E-state index contributed by atoms with van der Waals surface area (Å²) in [6.07, 6.45) is -3.93. The first-order chi connectivity index (χ1) is 12.6. The van der Waals surface area contributed by atoms with Crippen LogP contribution in [-0.4, -0.2) is 47.8 Å². The second-order valence-corrected chi connectivity index (χ2v) is 6.34. The van der Waals surface area contributed by atoms with Gasteiger partial charge in [-0.15, -0.1) is 0 Å². The second-order valence-electron chi connectivity index (χ2n) is 6.34. The Balaban J connectivity index is 2.38. The molecule has 2 rings (SSSR count). The van der Waals surface area contributed by atoms with E-state index in [1.807, 2.05) is 19.0 Å². The molecule has 27 heavy (non-hydrogen) atoms. The maximum absolute atomic E-state index is 13.3. The molecule has 0 fully saturated rings. The average molecular weight is 382 g/mol. The number of alkyl halides is 3. The van der Waals surface area contributed by atoms with Gasteiger partial charge in [-0.1, -0.05) is 12.1 Å². The summed E-state index contributed by atoms with van der Waals surface area (Å²) in [6, 6.07) is 5.98. The van der Waals surface area contributed by atoms with E-state index < -0.39 is 28.8 Å². The number of nitrogens with zero attached hydrogens (tertiary/aromatic N) is 3. The largest absolute Gasteiger partial charge is 0.418 e. The number of nitrogens with one attached hydrogen (secondary N) is 1. The highest BCUT2D eigenvalue weighted by atomic mass is 19.4. The van der Waals surface area contributed by atoms with Crippen LogP contribution in [0.1, 0.15) is 28.2 Å². The summed E-state index contributed by atoms with van der Waals surface area (Å²) in [6.45, 7) is 2.52. The molecule has 0 saturated carbocycles. The van der Waals surface area contributed by atoms with Gasteiger partial charge >= 0.3 is 6.18 Å². The maximum atomic E-state index is 13.3. The van der Waals surface area contributed by atoms with E-state index in [1.54, 1.807) is 0 Å². The number of para-hydroxylation sites is 1. The fourth-order valence-electron chi connectivity index (χ4n) is 2.53. The topological polar surface area (TPSA) is 67.2 Å². The lowest BCUT2D eigenvalue weighted by molar-refractivity contribution is -0.137. The van der Waals surface area contributed by atoms with E-state index in [4.69, 9.17) is 0 Å². The quantitative estimate of drug-likeness (QED) is 0.779. The van der Waals surface area contributed by atoms with Crippen molar-refractivity contribution in [3.63, 3.8) is 0 Å². The van der Waals surface area contributed by atoms with Crippen molar-refractivity contribution in [2.24, 2.45) is 0 Å². The predicted molar refractivity (Wildman–Crippen MR) is 95.1 cm³/mol. The average Bonchev–Trinajstić information content (AvgIpc) is 2.57. The van der Waals surface area contributed by atoms with Crippen LogP contribution in [0.3, 0.4) is 0 Å². The molecule has 0 aliphatic carbocycles. The number of rotatable bonds is 6. The van der Waals surface area contributed by atoms with Gasteiger partial charge in [-0.25, -0.2) is 4.68 Å². The van der Waals surface area contributed by atoms with Crippen molar-refractivity contribution in [3.8, 4) is 5.69 Å². The number of aryl methyl sites for hydroxylation is 1. The summed E-state index contributed by atoms with van der Waals surface area (Å²) in [7, 11) is 3.78. The van der Waals surface area contributed by atoms with Crippen LogP contribution in [0.2, 0.25) is 0 Å². The fourth-order valence-corrected chi connectivity index (χ4v) is 2.53. The van der Waals surface area contributed by atoms with Crippen molar-refractivity contribution in [1.82, 2.24) is 20.0 Å². The zero-order chi connectivity index (χ0) is 20.2. The zero-order valence-electron chi connectivity index (χ0n) is 15.3. The van der Waals surface area contributed by atoms with Crippen LogP contribution in [0, 0.1) is 6.92 Å². The van der Waals surface area contributed by atoms with Gasteiger partial charge in [0.05, 0.1) is 11.3 Å². The molecule has 1 aromatic heterocycles. The minimum Gasteiger partial charge on any atom is -0.350 e. The van der Waals surface area contributed by atoms with Crippen LogP contribution in [0.25, 0.3) is 5.69 Å². The van der Waals surface area contributed by atoms with Crippen molar-refractivity contribution in [2.75, 3.05) is 27.2 Å². The van der Waals surface area contributed by atoms with Gasteiger partial charge in [0.25, 0.3) is 5.91 Å². The third-order valence-corrected chi connectivity index (χ3v) is 3.83. The number of hydrogen-bond acceptors (Lipinski definition) is 4. The SMILES string of the molecule is Cc1cc(=O)c(C(=O)NCCCN(C)C)nn1-c1ccccc1C(F)(F)F. The Bertz CT molecular complexity index is 876. The van der Waals surface area contributed by atoms with E-state index in [9.17, 15) is 22.8 Å². The van der Waals surface area contributed by atoms with Crippen molar-refractivity contribution in [1.29, 1.82) is 0 Å². The molecule has 1 amide bonds. The second kappa shape index (κ2) is 8.34. The number of carbonyl (C=O) groups excluding carboxylic acids is 1. The molecule has 1 heterocycles. The van der Waals surface area contributed by atoms with Gasteiger partial charge in [0.2, 0.25) is 5.43 Å². The van der Waals surface area contributed by atoms with E-state index in [0.717, 1.165) is 23.4 Å². The number of hydrogen-bond donors (Lipinski definition) is 1. The van der Waals surface area contributed by atoms with Gasteiger partial charge in [0.1, 0.15) is 0 Å². The summed E-state index contributed by atoms with van der Waals surface area (Å²) in [5.41, 5.74) is -2.03. The Morgan fingerprint density at radius 1 is 1.26 bits per heavy atom. The van der Waals surface area contributed by atoms with Gasteiger partial charge in [-0.2, -0.15) is 18.3 Å². The third kappa shape index (κ3) is 5.16. The van der Waals surface area contributed by atoms with Crippen LogP contribution in [0.5, 0.6) is 0 Å². The molecule has 1 aromatic carbocycles. The van der Waals surface area contributed by atoms with Crippen LogP contribution in [0.4, 0.5) is 13.2 Å². The van der Waals surface area contributed by atoms with Crippen LogP contribution < -0.4 is 10.7 Å². The Morgan fingerprint density at radius 3 is 2.56 bits per heavy atom. The lowest BCUT2D eigenvalue weighted by Crippen LogP contribution is -2.33. The molecule has 9 heteroatoms. The van der Waals surface area contributed by atoms with Crippen molar-refractivity contribution >= 4 is 5.91 Å². The lowest BCUT2D eigenvalue weighted by atomic mass is 10.1. The third-order valence-electron chi connectivity index (χ3n) is 3.83. The molecule has 0 aliphatic heterocycles. The summed E-state index contributed by atoms with van der Waals surface area (Å²) in [4.78, 5) is 26.3. The Hall–Kier alpha value is -2.68. The Kier molecular flexibility index (Phi) is 6.37. The predicted octanol–water partition coefficient (Wildman–Crippen LogP) is 2.24. The maximum Gasteiger partial charge on any atom is 0.418 e. The normalized spacial score (nSPS) is 11.7. The van der Waals surface area contributed by atoms with E-state index in [0.29, 0.717) is 13.0 Å². The minimum atomic E-state index is -4.59. The number of carbonyl (C=O) groups is 1. The van der Waals surface area contributed by atoms with Gasteiger partial charge in [0, 0.05) is 18.3 Å². The van der Waals surface area contributed by atoms with Crippen molar-refractivity contribution < 1.29 is 18.0 Å². The molecule has 0 bridgehead atoms. The van der Waals surface area contributed by atoms with E-state index in [1.165, 1.54) is 25.1 Å². The van der Waals surface area contributed by atoms with Crippen LogP contribution in [-0.2, 0) is 6.18 Å². The highest BCUT2D eigenvalue weighted by molar-refractivity contribution is 5.92. The number of benzene rings is 1. The molecule has 146 valence electrons. The molecule has 0 spiro atoms. The van der Waals surface area contributed by atoms with Crippen LogP contribution >= 0.6 is 0 Å². The monoisotopic (exact) mass is 382 g/mol. The molecule has 0 saturated heterocycles. The molecule has 0 aliphatic rings. The highest BCUT2D eigenvalue weighted by Gasteiger charge is 2.34. The highest BCUT2D eigenvalue weighted by Crippen LogP contribution is 2.33. The minimum absolute atomic E-state index is 0.195. The molecule has 0 unspecified atom stereocenters. The van der Waals surface area contributed by atoms with Crippen molar-refractivity contribution in [2.45, 2.75) is 19.5 Å². The Labute approximate surface area is 154 Å². The molecular weight excluding hydrogens is 361 g/mol. The van der Waals surface area contributed by atoms with Crippen molar-refractivity contribution in [3.05, 3.63) is 57.5 Å². The van der Waals surface area contributed by atoms with Crippen LogP contribution in [0.15, 0.2) is 35.1 Å². The first-order valence-corrected chi connectivity index (χ1v) is 8.31. The standard InChI is InChI=1S/C18H21F3N4O2/c1-12-11-15(26)16(17(27)22-9-6-10-24(2)3)23-25(12)14-8-5-4-7-13(14)18(19,20)21/h4-5,7-8,11H,6,9-10H2,1-3H3,(H,22,27). The first kappa shape index (κ1) is 20.6. The van der Waals surface area contributed by atoms with Gasteiger partial charge in [-0.3, -0.25) is 9.59 Å². The molecule has 0 atom stereocenters. The summed E-state index contributed by atoms with van der Waals surface area (Å²) < 4.78 is 40.8. The van der Waals surface area contributed by atoms with Gasteiger partial charge < -0.3 is 10.2 Å². The smallest absolute Gasteiger partial charge is 0.350 e. The summed E-state index contributed by atoms with van der Waals surface area (Å²) in [5.74, 6) is -0.711. The molecule has 1 N–H and O–H groups in total. The van der Waals surface area contributed by atoms with E-state index in [2.05, 4.69) is 10.4 Å². The summed E-state index contributed by atoms with van der Waals surface area (Å²) in [5, 5.41) is 6.49. The molecule has 2 aromatic rings. The summed E-state index contributed by atoms with van der Waals surface area (Å²) >= 11 is 0. The fraction of sp³-hybridized carbons (Fsp3) is 0.389. The van der Waals surface area contributed by atoms with E-state index >= 15 is 0 Å². The lowest BCUT2D eigenvalue weighted by Gasteiger charge is -2.16. The number of amides is 1. The van der Waals surface area contributed by atoms with E-state index in [-0.39, 0.29) is 11.4 Å². The molecule has 6 nitrogen and oxygen atoms in total. The first-order valence-electron chi connectivity index (χ1n) is 8.31. The van der Waals surface area contributed by atoms with Gasteiger partial charge in [0.15, 0.2) is 5.69 Å². The number of halogens is 3. The Morgan fingerprint density at radius 2 is 1.93 bits per heavy atom. The molecule has 0 radical (unpaired) electrons. The zero-order valence-corrected chi connectivity index (χ0v) is 15.3. The number of aromatic nitrogens is 2.